The lowest BCUT2D eigenvalue weighted by Gasteiger charge is -2.34. The predicted molar refractivity (Wildman–Crippen MR) is 177 cm³/mol. The van der Waals surface area contributed by atoms with Crippen LogP contribution in [0.3, 0.4) is 0 Å². The van der Waals surface area contributed by atoms with Gasteiger partial charge < -0.3 is 29.0 Å². The van der Waals surface area contributed by atoms with Crippen molar-refractivity contribution < 1.29 is 32.1 Å². The molecule has 10 heteroatoms. The molecule has 0 aliphatic carbocycles. The minimum absolute atomic E-state index is 0.0946. The van der Waals surface area contributed by atoms with Crippen molar-refractivity contribution in [2.45, 2.75) is 102 Å². The van der Waals surface area contributed by atoms with E-state index in [9.17, 15) is 8.42 Å². The zero-order valence-corrected chi connectivity index (χ0v) is 29.0. The third-order valence-electron chi connectivity index (χ3n) is 8.50. The molecule has 0 radical (unpaired) electrons. The fourth-order valence-corrected chi connectivity index (χ4v) is 6.32. The summed E-state index contributed by atoms with van der Waals surface area (Å²) in [6.45, 7) is 14.9. The van der Waals surface area contributed by atoms with Crippen LogP contribution in [0.1, 0.15) is 79.2 Å². The van der Waals surface area contributed by atoms with Crippen molar-refractivity contribution in [1.82, 2.24) is 10.0 Å². The van der Waals surface area contributed by atoms with Crippen LogP contribution in [0.5, 0.6) is 17.2 Å². The van der Waals surface area contributed by atoms with Crippen molar-refractivity contribution in [3.8, 4) is 17.2 Å². The fraction of sp³-hybridized carbons (Fsp3) is 0.647. The van der Waals surface area contributed by atoms with Crippen LogP contribution in [0, 0.1) is 0 Å². The van der Waals surface area contributed by atoms with Gasteiger partial charge in [-0.25, -0.2) is 13.1 Å². The maximum absolute atomic E-state index is 13.5. The first-order chi connectivity index (χ1) is 21.0. The van der Waals surface area contributed by atoms with Crippen LogP contribution in [-0.4, -0.2) is 72.8 Å². The largest absolute Gasteiger partial charge is 0.495 e. The van der Waals surface area contributed by atoms with E-state index in [2.05, 4.69) is 44.7 Å². The first kappa shape index (κ1) is 37.8. The Morgan fingerprint density at radius 1 is 0.841 bits per heavy atom. The summed E-state index contributed by atoms with van der Waals surface area (Å²) in [5.74, 6) is 1.76. The Balaban J connectivity index is 1.97. The van der Waals surface area contributed by atoms with Crippen molar-refractivity contribution in [2.24, 2.45) is 0 Å². The van der Waals surface area contributed by atoms with E-state index in [1.54, 1.807) is 19.2 Å². The van der Waals surface area contributed by atoms with Gasteiger partial charge in [0.25, 0.3) is 0 Å². The highest BCUT2D eigenvalue weighted by atomic mass is 32.2. The zero-order chi connectivity index (χ0) is 32.6. The number of nitrogens with one attached hydrogen (secondary N) is 2. The third-order valence-corrected chi connectivity index (χ3v) is 9.98. The molecule has 0 aliphatic rings. The Labute approximate surface area is 266 Å². The molecule has 0 spiro atoms. The number of sulfonamides is 1. The van der Waals surface area contributed by atoms with E-state index >= 15 is 0 Å². The van der Waals surface area contributed by atoms with Crippen molar-refractivity contribution in [3.63, 3.8) is 0 Å². The van der Waals surface area contributed by atoms with Crippen LogP contribution in [0.4, 0.5) is 0 Å². The second-order valence-electron chi connectivity index (χ2n) is 11.4. The molecule has 44 heavy (non-hydrogen) atoms. The van der Waals surface area contributed by atoms with Gasteiger partial charge in [-0.1, -0.05) is 39.0 Å². The molecule has 2 rings (SSSR count). The number of rotatable bonds is 23. The molecule has 2 N–H and O–H groups in total. The monoisotopic (exact) mass is 636 g/mol. The molecule has 0 heterocycles. The Hall–Kier alpha value is -2.37. The van der Waals surface area contributed by atoms with Crippen LogP contribution in [-0.2, 0) is 25.9 Å². The molecule has 0 aliphatic heterocycles. The molecular weight excluding hydrogens is 580 g/mol. The van der Waals surface area contributed by atoms with Gasteiger partial charge in [0.2, 0.25) is 10.0 Å². The third kappa shape index (κ3) is 11.5. The topological polar surface area (TPSA) is 104 Å². The molecule has 0 saturated heterocycles. The number of ether oxygens (including phenoxy) is 5. The van der Waals surface area contributed by atoms with Gasteiger partial charge in [0.05, 0.1) is 31.5 Å². The summed E-state index contributed by atoms with van der Waals surface area (Å²) in [4.78, 5) is 0.138. The van der Waals surface area contributed by atoms with Gasteiger partial charge in [-0.2, -0.15) is 0 Å². The van der Waals surface area contributed by atoms with Gasteiger partial charge in [0, 0.05) is 26.2 Å². The maximum atomic E-state index is 13.5. The number of benzene rings is 2. The second kappa shape index (κ2) is 18.6. The Morgan fingerprint density at radius 3 is 2.11 bits per heavy atom. The maximum Gasteiger partial charge on any atom is 0.244 e. The normalized spacial score (nSPS) is 14.2. The van der Waals surface area contributed by atoms with Crippen LogP contribution in [0.25, 0.3) is 0 Å². The second-order valence-corrected chi connectivity index (χ2v) is 13.2. The van der Waals surface area contributed by atoms with Gasteiger partial charge in [-0.3, -0.25) is 0 Å². The van der Waals surface area contributed by atoms with Crippen molar-refractivity contribution in [1.29, 1.82) is 0 Å². The summed E-state index contributed by atoms with van der Waals surface area (Å²) in [7, 11) is -0.601. The molecule has 2 aromatic rings. The highest BCUT2D eigenvalue weighted by Gasteiger charge is 2.30. The molecule has 0 fully saturated rings. The van der Waals surface area contributed by atoms with Crippen molar-refractivity contribution in [3.05, 3.63) is 48.0 Å². The van der Waals surface area contributed by atoms with E-state index in [4.69, 9.17) is 23.7 Å². The Kier molecular flexibility index (Phi) is 16.0. The lowest BCUT2D eigenvalue weighted by atomic mass is 9.92. The highest BCUT2D eigenvalue weighted by Crippen LogP contribution is 2.29. The Morgan fingerprint density at radius 2 is 1.52 bits per heavy atom. The van der Waals surface area contributed by atoms with Gasteiger partial charge >= 0.3 is 0 Å². The van der Waals surface area contributed by atoms with Crippen molar-refractivity contribution in [2.75, 3.05) is 47.1 Å². The van der Waals surface area contributed by atoms with Crippen LogP contribution in [0.2, 0.25) is 0 Å². The number of methoxy groups -OCH3 is 2. The number of para-hydroxylation sites is 2. The molecule has 2 aromatic carbocycles. The first-order valence-electron chi connectivity index (χ1n) is 15.9. The van der Waals surface area contributed by atoms with E-state index in [-0.39, 0.29) is 23.1 Å². The molecule has 0 saturated carbocycles. The minimum atomic E-state index is -3.82. The average molecular weight is 637 g/mol. The molecule has 0 aromatic heterocycles. The van der Waals surface area contributed by atoms with Crippen LogP contribution >= 0.6 is 0 Å². The van der Waals surface area contributed by atoms with Gasteiger partial charge in [-0.05, 0) is 89.1 Å². The molecular formula is C34H56N2O7S. The van der Waals surface area contributed by atoms with Gasteiger partial charge in [0.15, 0.2) is 11.5 Å². The molecule has 9 nitrogen and oxygen atoms in total. The summed E-state index contributed by atoms with van der Waals surface area (Å²) < 4.78 is 58.7. The summed E-state index contributed by atoms with van der Waals surface area (Å²) in [6.07, 6.45) is 4.45. The summed E-state index contributed by atoms with van der Waals surface area (Å²) >= 11 is 0. The molecule has 0 amide bonds. The van der Waals surface area contributed by atoms with Crippen LogP contribution in [0.15, 0.2) is 47.4 Å². The standard InChI is InChI=1S/C34H56N2O7S/c1-9-33(6,40-8)20-23-43-34(10-2,11-3)19-21-36-44(37,38)32-26-28(17-18-31(32)39-7)25-27(5)35-22-24-42-30-16-14-13-15-29(30)41-12-4/h13-18,26-27,35-36H,9-12,19-25H2,1-8H3. The SMILES string of the molecule is CCOc1ccccc1OCCNC(C)Cc1ccc(OC)c(S(=O)(=O)NCCC(CC)(CC)OCCC(C)(CC)OC)c1. The van der Waals surface area contributed by atoms with Gasteiger partial charge in [-0.15, -0.1) is 0 Å². The van der Waals surface area contributed by atoms with E-state index in [0.717, 1.165) is 37.0 Å². The fourth-order valence-electron chi connectivity index (χ4n) is 5.07. The predicted octanol–water partition coefficient (Wildman–Crippen LogP) is 6.14. The highest BCUT2D eigenvalue weighted by molar-refractivity contribution is 7.89. The number of hydrogen-bond acceptors (Lipinski definition) is 8. The first-order valence-corrected chi connectivity index (χ1v) is 17.4. The zero-order valence-electron chi connectivity index (χ0n) is 28.2. The van der Waals surface area contributed by atoms with E-state index in [1.807, 2.05) is 37.3 Å². The molecule has 2 unspecified atom stereocenters. The number of hydrogen-bond donors (Lipinski definition) is 2. The van der Waals surface area contributed by atoms with E-state index in [1.165, 1.54) is 7.11 Å². The molecule has 0 bridgehead atoms. The van der Waals surface area contributed by atoms with E-state index in [0.29, 0.717) is 50.7 Å². The van der Waals surface area contributed by atoms with Crippen molar-refractivity contribution >= 4 is 10.0 Å². The lowest BCUT2D eigenvalue weighted by Crippen LogP contribution is -2.38. The quantitative estimate of drug-likeness (QED) is 0.140. The summed E-state index contributed by atoms with van der Waals surface area (Å²) in [6, 6.07) is 13.0. The summed E-state index contributed by atoms with van der Waals surface area (Å²) in [5.41, 5.74) is 0.255. The Bertz CT molecular complexity index is 1210. The smallest absolute Gasteiger partial charge is 0.244 e. The summed E-state index contributed by atoms with van der Waals surface area (Å²) in [5, 5.41) is 3.45. The molecule has 250 valence electrons. The molecule has 2 atom stereocenters. The van der Waals surface area contributed by atoms with Gasteiger partial charge in [0.1, 0.15) is 17.3 Å². The minimum Gasteiger partial charge on any atom is -0.495 e. The van der Waals surface area contributed by atoms with E-state index < -0.39 is 15.6 Å². The lowest BCUT2D eigenvalue weighted by molar-refractivity contribution is -0.0873. The average Bonchev–Trinajstić information content (AvgIpc) is 3.03. The van der Waals surface area contributed by atoms with Crippen LogP contribution < -0.4 is 24.2 Å².